The van der Waals surface area contributed by atoms with E-state index in [9.17, 15) is 32.4 Å². The minimum absolute atomic E-state index is 0.246. The van der Waals surface area contributed by atoms with Gasteiger partial charge < -0.3 is 19.9 Å². The van der Waals surface area contributed by atoms with Gasteiger partial charge in [-0.1, -0.05) is 42.5 Å². The van der Waals surface area contributed by atoms with Crippen LogP contribution in [0.1, 0.15) is 11.5 Å². The highest BCUT2D eigenvalue weighted by atomic mass is 19.3. The maximum absolute atomic E-state index is 13.8. The number of alkyl halides is 4. The second kappa shape index (κ2) is 10.4. The molecule has 2 aromatic carbocycles. The van der Waals surface area contributed by atoms with E-state index in [1.165, 1.54) is 12.1 Å². The van der Waals surface area contributed by atoms with Gasteiger partial charge in [-0.25, -0.2) is 9.59 Å². The maximum atomic E-state index is 13.8. The molecule has 3 rings (SSSR count). The molecule has 0 amide bonds. The molecule has 0 spiro atoms. The number of halogens is 4. The largest absolute Gasteiger partial charge is 0.466 e. The Kier molecular flexibility index (Phi) is 7.53. The third-order valence-electron chi connectivity index (χ3n) is 5.22. The van der Waals surface area contributed by atoms with E-state index < -0.39 is 58.9 Å². The Morgan fingerprint density at radius 2 is 1.61 bits per heavy atom. The van der Waals surface area contributed by atoms with Crippen molar-refractivity contribution in [1.82, 2.24) is 0 Å². The first-order valence-electron chi connectivity index (χ1n) is 10.2. The second-order valence-electron chi connectivity index (χ2n) is 7.27. The van der Waals surface area contributed by atoms with E-state index in [2.05, 4.69) is 4.74 Å². The number of rotatable bonds is 7. The van der Waals surface area contributed by atoms with Crippen molar-refractivity contribution in [3.8, 4) is 11.8 Å². The summed E-state index contributed by atoms with van der Waals surface area (Å²) in [7, 11) is 2.03. The van der Waals surface area contributed by atoms with Crippen LogP contribution >= 0.6 is 0 Å². The number of ether oxygens (including phenoxy) is 3. The number of benzene rings is 2. The highest BCUT2D eigenvalue weighted by Gasteiger charge is 2.47. The van der Waals surface area contributed by atoms with Gasteiger partial charge in [0, 0.05) is 0 Å². The number of para-hydroxylation sites is 2. The van der Waals surface area contributed by atoms with Crippen LogP contribution in [-0.2, 0) is 19.1 Å². The molecular weight excluding hydrogens is 486 g/mol. The number of anilines is 1. The Hall–Kier alpha value is -4.53. The number of nitrogens with two attached hydrogens (primary N) is 1. The highest BCUT2D eigenvalue weighted by molar-refractivity contribution is 6.06. The molecule has 0 saturated heterocycles. The van der Waals surface area contributed by atoms with Crippen molar-refractivity contribution in [3.63, 3.8) is 0 Å². The van der Waals surface area contributed by atoms with E-state index in [0.29, 0.717) is 5.56 Å². The number of methoxy groups -OCH3 is 2. The minimum Gasteiger partial charge on any atom is -0.466 e. The highest BCUT2D eigenvalue weighted by Crippen LogP contribution is 2.46. The van der Waals surface area contributed by atoms with Crippen LogP contribution < -0.4 is 15.4 Å². The van der Waals surface area contributed by atoms with Crippen molar-refractivity contribution in [2.24, 2.45) is 5.73 Å². The molecule has 1 atom stereocenters. The molecule has 1 unspecified atom stereocenters. The summed E-state index contributed by atoms with van der Waals surface area (Å²) in [6, 6.07) is 14.5. The number of carbonyl (C=O) groups excluding carboxylic acids is 2. The zero-order valence-electron chi connectivity index (χ0n) is 18.9. The topological polar surface area (TPSA) is 115 Å². The Morgan fingerprint density at radius 3 is 2.17 bits per heavy atom. The first kappa shape index (κ1) is 26.1. The Labute approximate surface area is 202 Å². The SMILES string of the molecule is COC(=O)C1=C(C(=O)OC)N(c2ccccc2OC(F)(F)C(F)F)C(N)=C(C#N)C1c1ccccc1. The van der Waals surface area contributed by atoms with Crippen LogP contribution in [0.5, 0.6) is 5.75 Å². The van der Waals surface area contributed by atoms with Gasteiger partial charge in [-0.05, 0) is 17.7 Å². The molecule has 8 nitrogen and oxygen atoms in total. The fourth-order valence-corrected chi connectivity index (χ4v) is 3.68. The predicted molar refractivity (Wildman–Crippen MR) is 118 cm³/mol. The molecule has 1 aliphatic rings. The van der Waals surface area contributed by atoms with Crippen LogP contribution in [0, 0.1) is 11.3 Å². The standard InChI is InChI=1S/C24H19F4N3O5/c1-34-21(32)18-17(13-8-4-3-5-9-13)14(12-29)20(30)31(19(18)22(33)35-2)15-10-6-7-11-16(15)36-24(27,28)23(25)26/h3-11,17,23H,30H2,1-2H3. The summed E-state index contributed by atoms with van der Waals surface area (Å²) in [6.45, 7) is 0. The average Bonchev–Trinajstić information content (AvgIpc) is 2.87. The van der Waals surface area contributed by atoms with Crippen molar-refractivity contribution in [1.29, 1.82) is 5.26 Å². The first-order valence-corrected chi connectivity index (χ1v) is 10.2. The Morgan fingerprint density at radius 1 is 1.03 bits per heavy atom. The minimum atomic E-state index is -4.91. The molecule has 1 heterocycles. The zero-order chi connectivity index (χ0) is 26.6. The summed E-state index contributed by atoms with van der Waals surface area (Å²) < 4.78 is 67.4. The van der Waals surface area contributed by atoms with Gasteiger partial charge in [0.1, 0.15) is 11.5 Å². The second-order valence-corrected chi connectivity index (χ2v) is 7.27. The van der Waals surface area contributed by atoms with E-state index in [1.54, 1.807) is 30.3 Å². The number of hydrogen-bond donors (Lipinski definition) is 1. The molecule has 2 aromatic rings. The van der Waals surface area contributed by atoms with Crippen LogP contribution in [0.3, 0.4) is 0 Å². The molecule has 0 aromatic heterocycles. The van der Waals surface area contributed by atoms with Crippen molar-refractivity contribution >= 4 is 17.6 Å². The van der Waals surface area contributed by atoms with Gasteiger partial charge in [0.25, 0.3) is 0 Å². The molecule has 0 aliphatic carbocycles. The number of nitrogens with zero attached hydrogens (tertiary/aromatic N) is 2. The van der Waals surface area contributed by atoms with Gasteiger partial charge in [-0.3, -0.25) is 4.90 Å². The summed E-state index contributed by atoms with van der Waals surface area (Å²) in [4.78, 5) is 26.8. The van der Waals surface area contributed by atoms with E-state index in [1.807, 2.05) is 6.07 Å². The molecule has 1 aliphatic heterocycles. The van der Waals surface area contributed by atoms with Crippen LogP contribution in [0.25, 0.3) is 0 Å². The lowest BCUT2D eigenvalue weighted by Gasteiger charge is -2.36. The summed E-state index contributed by atoms with van der Waals surface area (Å²) in [5.41, 5.74) is 5.00. The Balaban J connectivity index is 2.39. The van der Waals surface area contributed by atoms with E-state index in [4.69, 9.17) is 15.2 Å². The van der Waals surface area contributed by atoms with Crippen LogP contribution in [0.4, 0.5) is 23.2 Å². The van der Waals surface area contributed by atoms with Crippen molar-refractivity contribution < 1.29 is 41.4 Å². The molecule has 36 heavy (non-hydrogen) atoms. The Bertz CT molecular complexity index is 1270. The fourth-order valence-electron chi connectivity index (χ4n) is 3.68. The molecule has 0 radical (unpaired) electrons. The number of carbonyl (C=O) groups is 2. The molecule has 0 saturated carbocycles. The summed E-state index contributed by atoms with van der Waals surface area (Å²) >= 11 is 0. The maximum Gasteiger partial charge on any atom is 0.461 e. The smallest absolute Gasteiger partial charge is 0.461 e. The number of allylic oxidation sites excluding steroid dienone is 1. The van der Waals surface area contributed by atoms with Crippen LogP contribution in [0.15, 0.2) is 77.3 Å². The molecule has 2 N–H and O–H groups in total. The van der Waals surface area contributed by atoms with E-state index in [0.717, 1.165) is 31.3 Å². The van der Waals surface area contributed by atoms with Gasteiger partial charge in [0.2, 0.25) is 0 Å². The lowest BCUT2D eigenvalue weighted by atomic mass is 9.81. The van der Waals surface area contributed by atoms with Gasteiger partial charge in [-0.15, -0.1) is 0 Å². The van der Waals surface area contributed by atoms with Crippen molar-refractivity contribution in [2.75, 3.05) is 19.1 Å². The normalized spacial score (nSPS) is 16.1. The lowest BCUT2D eigenvalue weighted by Crippen LogP contribution is -2.41. The third-order valence-corrected chi connectivity index (χ3v) is 5.22. The average molecular weight is 505 g/mol. The van der Waals surface area contributed by atoms with E-state index in [-0.39, 0.29) is 5.57 Å². The molecule has 0 fully saturated rings. The van der Waals surface area contributed by atoms with Gasteiger partial charge in [-0.2, -0.15) is 22.8 Å². The number of hydrogen-bond acceptors (Lipinski definition) is 8. The molecule has 0 bridgehead atoms. The summed E-state index contributed by atoms with van der Waals surface area (Å²) in [5.74, 6) is -4.66. The van der Waals surface area contributed by atoms with Gasteiger partial charge in [0.15, 0.2) is 5.75 Å². The third kappa shape index (κ3) is 4.68. The van der Waals surface area contributed by atoms with Gasteiger partial charge in [0.05, 0.1) is 43.0 Å². The fraction of sp³-hybridized carbons (Fsp3) is 0.208. The molecule has 188 valence electrons. The number of nitriles is 1. The summed E-state index contributed by atoms with van der Waals surface area (Å²) in [5, 5.41) is 9.98. The molecule has 12 heteroatoms. The quantitative estimate of drug-likeness (QED) is 0.446. The van der Waals surface area contributed by atoms with E-state index >= 15 is 0 Å². The molecular formula is C24H19F4N3O5. The first-order chi connectivity index (χ1) is 17.1. The lowest BCUT2D eigenvalue weighted by molar-refractivity contribution is -0.253. The van der Waals surface area contributed by atoms with Crippen LogP contribution in [-0.4, -0.2) is 38.7 Å². The zero-order valence-corrected chi connectivity index (χ0v) is 18.9. The van der Waals surface area contributed by atoms with Gasteiger partial charge >= 0.3 is 24.5 Å². The predicted octanol–water partition coefficient (Wildman–Crippen LogP) is 3.82. The number of esters is 2. The van der Waals surface area contributed by atoms with Crippen molar-refractivity contribution in [2.45, 2.75) is 18.5 Å². The van der Waals surface area contributed by atoms with Crippen molar-refractivity contribution in [3.05, 3.63) is 82.8 Å². The van der Waals surface area contributed by atoms with Crippen LogP contribution in [0.2, 0.25) is 0 Å². The summed E-state index contributed by atoms with van der Waals surface area (Å²) in [6.07, 6.45) is -9.09. The monoisotopic (exact) mass is 505 g/mol.